The summed E-state index contributed by atoms with van der Waals surface area (Å²) in [6.07, 6.45) is 5.60. The molecule has 0 bridgehead atoms. The number of likely N-dealkylation sites (N-methyl/N-ethyl adjacent to an activating group) is 1. The highest BCUT2D eigenvalue weighted by Gasteiger charge is 2.20. The maximum atomic E-state index is 4.81. The molecular formula is C25H27N9. The van der Waals surface area contributed by atoms with Gasteiger partial charge in [-0.25, -0.2) is 9.97 Å². The van der Waals surface area contributed by atoms with Crippen molar-refractivity contribution in [3.05, 3.63) is 48.9 Å². The van der Waals surface area contributed by atoms with Gasteiger partial charge in [0.25, 0.3) is 0 Å². The van der Waals surface area contributed by atoms with E-state index in [-0.39, 0.29) is 0 Å². The quantitative estimate of drug-likeness (QED) is 0.431. The number of benzene rings is 1. The van der Waals surface area contributed by atoms with Gasteiger partial charge in [0, 0.05) is 63.6 Å². The molecule has 172 valence electrons. The number of anilines is 2. The minimum Gasteiger partial charge on any atom is -0.376 e. The van der Waals surface area contributed by atoms with Crippen molar-refractivity contribution in [2.75, 3.05) is 57.1 Å². The minimum atomic E-state index is 0.710. The molecule has 0 radical (unpaired) electrons. The Hall–Kier alpha value is -3.98. The molecule has 6 rings (SSSR count). The Morgan fingerprint density at radius 2 is 1.82 bits per heavy atom. The molecule has 1 aliphatic heterocycles. The third-order valence-corrected chi connectivity index (χ3v) is 6.57. The Morgan fingerprint density at radius 3 is 2.65 bits per heavy atom. The number of H-pyrrole nitrogens is 2. The summed E-state index contributed by atoms with van der Waals surface area (Å²) in [6, 6.07) is 10.5. The Kier molecular flexibility index (Phi) is 4.91. The molecule has 1 aliphatic rings. The van der Waals surface area contributed by atoms with Crippen molar-refractivity contribution < 1.29 is 0 Å². The normalized spacial score (nSPS) is 14.9. The second-order valence-electron chi connectivity index (χ2n) is 9.06. The van der Waals surface area contributed by atoms with E-state index in [4.69, 9.17) is 4.98 Å². The van der Waals surface area contributed by atoms with E-state index in [1.807, 2.05) is 32.7 Å². The Morgan fingerprint density at radius 1 is 0.971 bits per heavy atom. The second-order valence-corrected chi connectivity index (χ2v) is 9.06. The summed E-state index contributed by atoms with van der Waals surface area (Å²) in [6.45, 7) is 4.06. The van der Waals surface area contributed by atoms with E-state index in [0.717, 1.165) is 70.8 Å². The zero-order chi connectivity index (χ0) is 23.2. The van der Waals surface area contributed by atoms with Gasteiger partial charge in [0.15, 0.2) is 11.5 Å². The van der Waals surface area contributed by atoms with Crippen molar-refractivity contribution in [2.45, 2.75) is 0 Å². The summed E-state index contributed by atoms with van der Waals surface area (Å²) in [7, 11) is 6.20. The maximum absolute atomic E-state index is 4.81. The van der Waals surface area contributed by atoms with E-state index in [2.05, 4.69) is 77.2 Å². The number of piperazine rings is 1. The fraction of sp³-hybridized carbons (Fsp3) is 0.280. The van der Waals surface area contributed by atoms with Gasteiger partial charge in [-0.3, -0.25) is 10.1 Å². The molecule has 9 nitrogen and oxygen atoms in total. The fourth-order valence-corrected chi connectivity index (χ4v) is 4.53. The van der Waals surface area contributed by atoms with Gasteiger partial charge >= 0.3 is 0 Å². The number of nitrogens with one attached hydrogen (secondary N) is 2. The summed E-state index contributed by atoms with van der Waals surface area (Å²) < 4.78 is 0. The van der Waals surface area contributed by atoms with E-state index >= 15 is 0 Å². The first kappa shape index (κ1) is 20.6. The van der Waals surface area contributed by atoms with E-state index in [0.29, 0.717) is 11.5 Å². The second kappa shape index (κ2) is 8.11. The molecule has 0 aliphatic carbocycles. The van der Waals surface area contributed by atoms with Crippen molar-refractivity contribution in [1.29, 1.82) is 0 Å². The first-order valence-corrected chi connectivity index (χ1v) is 11.5. The number of aromatic amines is 2. The van der Waals surface area contributed by atoms with E-state index in [1.165, 1.54) is 0 Å². The van der Waals surface area contributed by atoms with Gasteiger partial charge in [-0.05, 0) is 36.9 Å². The molecule has 2 N–H and O–H groups in total. The molecule has 9 heteroatoms. The predicted octanol–water partition coefficient (Wildman–Crippen LogP) is 3.38. The third-order valence-electron chi connectivity index (χ3n) is 6.57. The van der Waals surface area contributed by atoms with Gasteiger partial charge in [-0.1, -0.05) is 6.07 Å². The summed E-state index contributed by atoms with van der Waals surface area (Å²) in [5, 5.41) is 8.76. The van der Waals surface area contributed by atoms with Crippen LogP contribution in [0, 0.1) is 0 Å². The number of fused-ring (bicyclic) bond motifs is 2. The topological polar surface area (TPSA) is 92.9 Å². The van der Waals surface area contributed by atoms with E-state index in [1.54, 1.807) is 0 Å². The zero-order valence-electron chi connectivity index (χ0n) is 19.6. The van der Waals surface area contributed by atoms with Gasteiger partial charge in [0.05, 0.1) is 23.1 Å². The van der Waals surface area contributed by atoms with Crippen LogP contribution in [0.15, 0.2) is 48.9 Å². The average molecular weight is 454 g/mol. The molecule has 0 atom stereocenters. The highest BCUT2D eigenvalue weighted by molar-refractivity contribution is 5.96. The SMILES string of the molecule is CN1CCN(c2ccnc3nc(-c4n[nH]c5ccc(-c6cncc(N(C)C)c6)cc45)[nH]c23)CC1. The van der Waals surface area contributed by atoms with Gasteiger partial charge in [-0.15, -0.1) is 0 Å². The third kappa shape index (κ3) is 3.54. The Labute approximate surface area is 197 Å². The minimum absolute atomic E-state index is 0.710. The molecule has 0 unspecified atom stereocenters. The summed E-state index contributed by atoms with van der Waals surface area (Å²) in [4.78, 5) is 24.1. The van der Waals surface area contributed by atoms with Crippen LogP contribution in [0.4, 0.5) is 11.4 Å². The highest BCUT2D eigenvalue weighted by atomic mass is 15.3. The van der Waals surface area contributed by atoms with Crippen molar-refractivity contribution in [1.82, 2.24) is 35.0 Å². The van der Waals surface area contributed by atoms with Crippen LogP contribution in [0.2, 0.25) is 0 Å². The first-order chi connectivity index (χ1) is 16.6. The maximum Gasteiger partial charge on any atom is 0.180 e. The number of pyridine rings is 2. The van der Waals surface area contributed by atoms with Crippen LogP contribution in [0.1, 0.15) is 0 Å². The number of imidazole rings is 1. The summed E-state index contributed by atoms with van der Waals surface area (Å²) in [5.41, 5.74) is 7.76. The van der Waals surface area contributed by atoms with Crippen LogP contribution >= 0.6 is 0 Å². The van der Waals surface area contributed by atoms with Crippen molar-refractivity contribution in [3.8, 4) is 22.6 Å². The first-order valence-electron chi connectivity index (χ1n) is 11.5. The molecule has 1 fully saturated rings. The molecular weight excluding hydrogens is 426 g/mol. The molecule has 0 saturated carbocycles. The monoisotopic (exact) mass is 453 g/mol. The molecule has 0 amide bonds. The lowest BCUT2D eigenvalue weighted by Crippen LogP contribution is -2.44. The van der Waals surface area contributed by atoms with Crippen molar-refractivity contribution in [3.63, 3.8) is 0 Å². The van der Waals surface area contributed by atoms with Gasteiger partial charge in [-0.2, -0.15) is 5.10 Å². The number of hydrogen-bond donors (Lipinski definition) is 2. The Balaban J connectivity index is 1.42. The number of rotatable bonds is 4. The van der Waals surface area contributed by atoms with Crippen LogP contribution in [-0.4, -0.2) is 82.4 Å². The number of hydrogen-bond acceptors (Lipinski definition) is 7. The smallest absolute Gasteiger partial charge is 0.180 e. The van der Waals surface area contributed by atoms with Gasteiger partial charge < -0.3 is 19.7 Å². The lowest BCUT2D eigenvalue weighted by atomic mass is 10.0. The fourth-order valence-electron chi connectivity index (χ4n) is 4.53. The van der Waals surface area contributed by atoms with Crippen LogP contribution in [-0.2, 0) is 0 Å². The number of aromatic nitrogens is 6. The molecule has 34 heavy (non-hydrogen) atoms. The molecule has 1 aromatic carbocycles. The van der Waals surface area contributed by atoms with Crippen molar-refractivity contribution >= 4 is 33.4 Å². The van der Waals surface area contributed by atoms with E-state index < -0.39 is 0 Å². The predicted molar refractivity (Wildman–Crippen MR) is 136 cm³/mol. The molecule has 5 heterocycles. The number of nitrogens with zero attached hydrogens (tertiary/aromatic N) is 7. The summed E-state index contributed by atoms with van der Waals surface area (Å²) in [5.74, 6) is 0.715. The van der Waals surface area contributed by atoms with Crippen LogP contribution in [0.3, 0.4) is 0 Å². The summed E-state index contributed by atoms with van der Waals surface area (Å²) >= 11 is 0. The molecule has 4 aromatic heterocycles. The molecule has 5 aromatic rings. The Bertz CT molecular complexity index is 1470. The molecule has 0 spiro atoms. The van der Waals surface area contributed by atoms with Crippen molar-refractivity contribution in [2.24, 2.45) is 0 Å². The average Bonchev–Trinajstić information content (AvgIpc) is 3.48. The van der Waals surface area contributed by atoms with E-state index in [9.17, 15) is 0 Å². The zero-order valence-corrected chi connectivity index (χ0v) is 19.6. The lowest BCUT2D eigenvalue weighted by Gasteiger charge is -2.34. The lowest BCUT2D eigenvalue weighted by molar-refractivity contribution is 0.313. The van der Waals surface area contributed by atoms with Crippen LogP contribution < -0.4 is 9.80 Å². The molecule has 1 saturated heterocycles. The van der Waals surface area contributed by atoms with Crippen LogP contribution in [0.25, 0.3) is 44.7 Å². The van der Waals surface area contributed by atoms with Crippen LogP contribution in [0.5, 0.6) is 0 Å². The largest absolute Gasteiger partial charge is 0.376 e. The van der Waals surface area contributed by atoms with Gasteiger partial charge in [0.1, 0.15) is 11.2 Å². The highest BCUT2D eigenvalue weighted by Crippen LogP contribution is 2.32. The van der Waals surface area contributed by atoms with Gasteiger partial charge in [0.2, 0.25) is 0 Å². The standard InChI is InChI=1S/C25H27N9/c1-32(2)18-12-17(14-26-15-18)16-4-5-20-19(13-16)22(31-30-20)25-28-23-21(6-7-27-24(23)29-25)34-10-8-33(3)9-11-34/h4-7,12-15H,8-11H2,1-3H3,(H,30,31)(H,27,28,29).